The molecule has 0 aromatic heterocycles. The molecule has 0 spiro atoms. The average Bonchev–Trinajstić information content (AvgIpc) is 3.07. The van der Waals surface area contributed by atoms with Crippen molar-refractivity contribution in [3.63, 3.8) is 0 Å². The molecule has 110 valence electrons. The average molecular weight is 268 g/mol. The second-order valence-corrected chi connectivity index (χ2v) is 7.52. The number of rotatable bonds is 5. The molecule has 2 unspecified atom stereocenters. The Balaban J connectivity index is 1.88. The van der Waals surface area contributed by atoms with Gasteiger partial charge < -0.3 is 10.4 Å². The molecule has 1 aliphatic heterocycles. The molecule has 19 heavy (non-hydrogen) atoms. The lowest BCUT2D eigenvalue weighted by Gasteiger charge is -2.39. The number of carbonyl (C=O) groups is 1. The lowest BCUT2D eigenvalue weighted by molar-refractivity contribution is -0.138. The first-order chi connectivity index (χ1) is 8.83. The van der Waals surface area contributed by atoms with Crippen molar-refractivity contribution in [2.24, 2.45) is 11.3 Å². The summed E-state index contributed by atoms with van der Waals surface area (Å²) in [5.41, 5.74) is 0.282. The second-order valence-electron chi connectivity index (χ2n) is 7.52. The lowest BCUT2D eigenvalue weighted by atomic mass is 9.90. The molecule has 2 rings (SSSR count). The normalized spacial score (nSPS) is 29.4. The number of piperidine rings is 1. The SMILES string of the molecule is CC(C)(C)CNC1CC(CC(=O)O)CN(C2CC2)C1. The molecule has 2 aliphatic rings. The summed E-state index contributed by atoms with van der Waals surface area (Å²) in [6.07, 6.45) is 3.92. The van der Waals surface area contributed by atoms with Gasteiger partial charge >= 0.3 is 5.97 Å². The Morgan fingerprint density at radius 2 is 2.00 bits per heavy atom. The van der Waals surface area contributed by atoms with Gasteiger partial charge in [0.1, 0.15) is 0 Å². The second kappa shape index (κ2) is 5.80. The van der Waals surface area contributed by atoms with Gasteiger partial charge in [-0.1, -0.05) is 20.8 Å². The van der Waals surface area contributed by atoms with Crippen molar-refractivity contribution in [2.75, 3.05) is 19.6 Å². The van der Waals surface area contributed by atoms with E-state index in [4.69, 9.17) is 5.11 Å². The van der Waals surface area contributed by atoms with Crippen LogP contribution in [0.1, 0.15) is 46.5 Å². The Morgan fingerprint density at radius 3 is 2.53 bits per heavy atom. The molecule has 1 saturated carbocycles. The molecule has 2 fully saturated rings. The summed E-state index contributed by atoms with van der Waals surface area (Å²) >= 11 is 0. The maximum absolute atomic E-state index is 10.9. The maximum atomic E-state index is 10.9. The van der Waals surface area contributed by atoms with Gasteiger partial charge in [-0.25, -0.2) is 0 Å². The molecular weight excluding hydrogens is 240 g/mol. The minimum Gasteiger partial charge on any atom is -0.481 e. The van der Waals surface area contributed by atoms with Crippen molar-refractivity contribution in [3.05, 3.63) is 0 Å². The fraction of sp³-hybridized carbons (Fsp3) is 0.933. The van der Waals surface area contributed by atoms with Gasteiger partial charge in [-0.15, -0.1) is 0 Å². The fourth-order valence-electron chi connectivity index (χ4n) is 2.97. The first-order valence-corrected chi connectivity index (χ1v) is 7.53. The standard InChI is InChI=1S/C15H28N2O2/c1-15(2,3)10-16-12-6-11(7-14(18)19)8-17(9-12)13-4-5-13/h11-13,16H,4-10H2,1-3H3,(H,18,19). The van der Waals surface area contributed by atoms with Crippen LogP contribution in [-0.2, 0) is 4.79 Å². The van der Waals surface area contributed by atoms with Gasteiger partial charge in [-0.3, -0.25) is 9.69 Å². The minimum absolute atomic E-state index is 0.282. The third kappa shape index (κ3) is 5.11. The highest BCUT2D eigenvalue weighted by molar-refractivity contribution is 5.67. The highest BCUT2D eigenvalue weighted by Gasteiger charge is 2.36. The number of hydrogen-bond acceptors (Lipinski definition) is 3. The number of nitrogens with zero attached hydrogens (tertiary/aromatic N) is 1. The van der Waals surface area contributed by atoms with Crippen LogP contribution < -0.4 is 5.32 Å². The first-order valence-electron chi connectivity index (χ1n) is 7.53. The van der Waals surface area contributed by atoms with E-state index in [0.717, 1.165) is 32.1 Å². The van der Waals surface area contributed by atoms with Gasteiger partial charge in [0.05, 0.1) is 0 Å². The van der Waals surface area contributed by atoms with E-state index in [1.54, 1.807) is 0 Å². The molecule has 1 saturated heterocycles. The van der Waals surface area contributed by atoms with Gasteiger partial charge in [0.2, 0.25) is 0 Å². The van der Waals surface area contributed by atoms with E-state index in [-0.39, 0.29) is 5.41 Å². The van der Waals surface area contributed by atoms with Gasteiger partial charge in [-0.05, 0) is 30.6 Å². The van der Waals surface area contributed by atoms with E-state index in [1.807, 2.05) is 0 Å². The van der Waals surface area contributed by atoms with Crippen LogP contribution in [0.15, 0.2) is 0 Å². The number of aliphatic carboxylic acids is 1. The Morgan fingerprint density at radius 1 is 1.32 bits per heavy atom. The molecule has 0 amide bonds. The third-order valence-electron chi connectivity index (χ3n) is 4.01. The monoisotopic (exact) mass is 268 g/mol. The number of nitrogens with one attached hydrogen (secondary N) is 1. The van der Waals surface area contributed by atoms with Gasteiger partial charge in [0.15, 0.2) is 0 Å². The van der Waals surface area contributed by atoms with Crippen LogP contribution in [0.25, 0.3) is 0 Å². The van der Waals surface area contributed by atoms with Crippen molar-refractivity contribution in [2.45, 2.75) is 58.5 Å². The van der Waals surface area contributed by atoms with Crippen molar-refractivity contribution in [1.29, 1.82) is 0 Å². The third-order valence-corrected chi connectivity index (χ3v) is 4.01. The van der Waals surface area contributed by atoms with Gasteiger partial charge in [0.25, 0.3) is 0 Å². The molecule has 0 bridgehead atoms. The van der Waals surface area contributed by atoms with Gasteiger partial charge in [-0.2, -0.15) is 0 Å². The predicted molar refractivity (Wildman–Crippen MR) is 76.2 cm³/mol. The Labute approximate surface area is 116 Å². The van der Waals surface area contributed by atoms with Gasteiger partial charge in [0, 0.05) is 38.1 Å². The quantitative estimate of drug-likeness (QED) is 0.800. The van der Waals surface area contributed by atoms with Crippen LogP contribution in [0.3, 0.4) is 0 Å². The van der Waals surface area contributed by atoms with E-state index >= 15 is 0 Å². The van der Waals surface area contributed by atoms with Crippen LogP contribution in [0.4, 0.5) is 0 Å². The molecular formula is C15H28N2O2. The van der Waals surface area contributed by atoms with E-state index in [0.29, 0.717) is 18.4 Å². The summed E-state index contributed by atoms with van der Waals surface area (Å²) < 4.78 is 0. The molecule has 2 atom stereocenters. The zero-order valence-electron chi connectivity index (χ0n) is 12.5. The summed E-state index contributed by atoms with van der Waals surface area (Å²) in [5, 5.41) is 12.7. The van der Waals surface area contributed by atoms with E-state index < -0.39 is 5.97 Å². The number of likely N-dealkylation sites (tertiary alicyclic amines) is 1. The van der Waals surface area contributed by atoms with E-state index in [9.17, 15) is 4.79 Å². The number of carboxylic acid groups (broad SMARTS) is 1. The zero-order valence-corrected chi connectivity index (χ0v) is 12.5. The fourth-order valence-corrected chi connectivity index (χ4v) is 2.97. The van der Waals surface area contributed by atoms with Crippen molar-refractivity contribution < 1.29 is 9.90 Å². The summed E-state index contributed by atoms with van der Waals surface area (Å²) in [5.74, 6) is -0.346. The summed E-state index contributed by atoms with van der Waals surface area (Å²) in [6, 6.07) is 1.19. The molecule has 2 N–H and O–H groups in total. The number of hydrogen-bond donors (Lipinski definition) is 2. The van der Waals surface area contributed by atoms with Crippen molar-refractivity contribution >= 4 is 5.97 Å². The summed E-state index contributed by atoms with van der Waals surface area (Å²) in [7, 11) is 0. The van der Waals surface area contributed by atoms with Crippen LogP contribution in [-0.4, -0.2) is 47.7 Å². The maximum Gasteiger partial charge on any atom is 0.303 e. The largest absolute Gasteiger partial charge is 0.481 e. The molecule has 1 heterocycles. The summed E-state index contributed by atoms with van der Waals surface area (Å²) in [6.45, 7) is 9.76. The van der Waals surface area contributed by atoms with Crippen molar-refractivity contribution in [1.82, 2.24) is 10.2 Å². The Bertz CT molecular complexity index is 321. The first kappa shape index (κ1) is 14.8. The number of carboxylic acids is 1. The molecule has 4 heteroatoms. The summed E-state index contributed by atoms with van der Waals surface area (Å²) in [4.78, 5) is 13.5. The van der Waals surface area contributed by atoms with Crippen LogP contribution >= 0.6 is 0 Å². The van der Waals surface area contributed by atoms with Crippen LogP contribution in [0.5, 0.6) is 0 Å². The minimum atomic E-state index is -0.655. The molecule has 0 radical (unpaired) electrons. The van der Waals surface area contributed by atoms with Crippen LogP contribution in [0, 0.1) is 11.3 Å². The van der Waals surface area contributed by atoms with Crippen LogP contribution in [0.2, 0.25) is 0 Å². The molecule has 1 aliphatic carbocycles. The highest BCUT2D eigenvalue weighted by atomic mass is 16.4. The predicted octanol–water partition coefficient (Wildman–Crippen LogP) is 1.95. The topological polar surface area (TPSA) is 52.6 Å². The lowest BCUT2D eigenvalue weighted by Crippen LogP contribution is -2.51. The highest BCUT2D eigenvalue weighted by Crippen LogP contribution is 2.32. The molecule has 0 aromatic carbocycles. The Hall–Kier alpha value is -0.610. The van der Waals surface area contributed by atoms with Crippen molar-refractivity contribution in [3.8, 4) is 0 Å². The molecule has 4 nitrogen and oxygen atoms in total. The molecule has 0 aromatic rings. The smallest absolute Gasteiger partial charge is 0.303 e. The van der Waals surface area contributed by atoms with E-state index in [2.05, 4.69) is 31.0 Å². The van der Waals surface area contributed by atoms with E-state index in [1.165, 1.54) is 12.8 Å². The Kier molecular flexibility index (Phi) is 4.51. The zero-order chi connectivity index (χ0) is 14.0.